The van der Waals surface area contributed by atoms with Crippen molar-refractivity contribution in [2.24, 2.45) is 5.73 Å². The van der Waals surface area contributed by atoms with E-state index in [9.17, 15) is 0 Å². The van der Waals surface area contributed by atoms with Crippen molar-refractivity contribution in [2.45, 2.75) is 13.0 Å². The lowest BCUT2D eigenvalue weighted by atomic mass is 10.2. The van der Waals surface area contributed by atoms with Gasteiger partial charge in [0.25, 0.3) is 0 Å². The molecule has 0 aliphatic heterocycles. The molecule has 0 aliphatic rings. The Hall–Kier alpha value is -1.65. The maximum absolute atomic E-state index is 5.82. The van der Waals surface area contributed by atoms with Crippen LogP contribution in [0.2, 0.25) is 5.02 Å². The second-order valence-corrected chi connectivity index (χ2v) is 4.69. The van der Waals surface area contributed by atoms with Gasteiger partial charge in [0.15, 0.2) is 0 Å². The summed E-state index contributed by atoms with van der Waals surface area (Å²) in [5, 5.41) is 0.544. The van der Waals surface area contributed by atoms with Crippen LogP contribution in [-0.4, -0.2) is 23.1 Å². The summed E-state index contributed by atoms with van der Waals surface area (Å²) in [6.07, 6.45) is 4.13. The summed E-state index contributed by atoms with van der Waals surface area (Å²) in [7, 11) is 0. The Bertz CT molecular complexity index is 487. The Morgan fingerprint density at radius 1 is 1.11 bits per heavy atom. The SMILES string of the molecule is NCCCN(Cc1ccccc1)c1ncc(Cl)cn1. The van der Waals surface area contributed by atoms with Gasteiger partial charge in [-0.05, 0) is 18.5 Å². The van der Waals surface area contributed by atoms with Crippen LogP contribution in [0.3, 0.4) is 0 Å². The fourth-order valence-electron chi connectivity index (χ4n) is 1.80. The van der Waals surface area contributed by atoms with E-state index in [2.05, 4.69) is 27.0 Å². The molecule has 0 spiro atoms. The van der Waals surface area contributed by atoms with Crippen LogP contribution in [-0.2, 0) is 6.54 Å². The van der Waals surface area contributed by atoms with E-state index in [1.807, 2.05) is 18.2 Å². The van der Waals surface area contributed by atoms with E-state index < -0.39 is 0 Å². The molecule has 100 valence electrons. The lowest BCUT2D eigenvalue weighted by molar-refractivity contribution is 0.714. The van der Waals surface area contributed by atoms with Crippen LogP contribution in [0.5, 0.6) is 0 Å². The van der Waals surface area contributed by atoms with Crippen LogP contribution >= 0.6 is 11.6 Å². The number of halogens is 1. The molecule has 0 saturated heterocycles. The predicted molar refractivity (Wildman–Crippen MR) is 78.2 cm³/mol. The molecule has 0 bridgehead atoms. The topological polar surface area (TPSA) is 55.0 Å². The lowest BCUT2D eigenvalue weighted by Crippen LogP contribution is -2.27. The molecule has 0 unspecified atom stereocenters. The van der Waals surface area contributed by atoms with Gasteiger partial charge in [-0.15, -0.1) is 0 Å². The van der Waals surface area contributed by atoms with Gasteiger partial charge >= 0.3 is 0 Å². The maximum Gasteiger partial charge on any atom is 0.225 e. The number of rotatable bonds is 6. The first kappa shape index (κ1) is 13.8. The molecule has 2 aromatic rings. The zero-order valence-electron chi connectivity index (χ0n) is 10.7. The minimum absolute atomic E-state index is 0.544. The van der Waals surface area contributed by atoms with Gasteiger partial charge in [0.2, 0.25) is 5.95 Å². The molecule has 0 saturated carbocycles. The molecule has 19 heavy (non-hydrogen) atoms. The fraction of sp³-hybridized carbons (Fsp3) is 0.286. The molecule has 1 aromatic heterocycles. The molecule has 1 aromatic carbocycles. The highest BCUT2D eigenvalue weighted by atomic mass is 35.5. The average Bonchev–Trinajstić information content (AvgIpc) is 2.45. The molecule has 2 N–H and O–H groups in total. The molecule has 0 atom stereocenters. The van der Waals surface area contributed by atoms with Gasteiger partial charge in [0.1, 0.15) is 0 Å². The number of nitrogens with two attached hydrogens (primary N) is 1. The molecule has 0 fully saturated rings. The van der Waals surface area contributed by atoms with Gasteiger partial charge in [-0.2, -0.15) is 0 Å². The van der Waals surface area contributed by atoms with Crippen LogP contribution in [0.15, 0.2) is 42.7 Å². The number of hydrogen-bond acceptors (Lipinski definition) is 4. The van der Waals surface area contributed by atoms with Crippen molar-refractivity contribution in [2.75, 3.05) is 18.0 Å². The van der Waals surface area contributed by atoms with Crippen molar-refractivity contribution in [1.29, 1.82) is 0 Å². The van der Waals surface area contributed by atoms with E-state index in [4.69, 9.17) is 17.3 Å². The van der Waals surface area contributed by atoms with Gasteiger partial charge in [-0.1, -0.05) is 41.9 Å². The van der Waals surface area contributed by atoms with Gasteiger partial charge in [0.05, 0.1) is 17.4 Å². The molecule has 4 nitrogen and oxygen atoms in total. The summed E-state index contributed by atoms with van der Waals surface area (Å²) in [6.45, 7) is 2.24. The average molecular weight is 277 g/mol. The third-order valence-electron chi connectivity index (χ3n) is 2.74. The quantitative estimate of drug-likeness (QED) is 0.881. The van der Waals surface area contributed by atoms with Crippen LogP contribution in [0.1, 0.15) is 12.0 Å². The van der Waals surface area contributed by atoms with E-state index in [-0.39, 0.29) is 0 Å². The minimum Gasteiger partial charge on any atom is -0.336 e. The Morgan fingerprint density at radius 3 is 2.42 bits per heavy atom. The van der Waals surface area contributed by atoms with Crippen molar-refractivity contribution in [3.05, 3.63) is 53.3 Å². The van der Waals surface area contributed by atoms with Crippen LogP contribution in [0.4, 0.5) is 5.95 Å². The summed E-state index contributed by atoms with van der Waals surface area (Å²) in [5.74, 6) is 0.682. The second-order valence-electron chi connectivity index (χ2n) is 4.25. The highest BCUT2D eigenvalue weighted by Gasteiger charge is 2.09. The van der Waals surface area contributed by atoms with E-state index in [1.165, 1.54) is 5.56 Å². The van der Waals surface area contributed by atoms with E-state index >= 15 is 0 Å². The number of hydrogen-bond donors (Lipinski definition) is 1. The predicted octanol–water partition coefficient (Wildman–Crippen LogP) is 2.49. The van der Waals surface area contributed by atoms with Crippen molar-refractivity contribution in [3.63, 3.8) is 0 Å². The lowest BCUT2D eigenvalue weighted by Gasteiger charge is -2.22. The monoisotopic (exact) mass is 276 g/mol. The van der Waals surface area contributed by atoms with Crippen LogP contribution in [0, 0.1) is 0 Å². The zero-order chi connectivity index (χ0) is 13.5. The van der Waals surface area contributed by atoms with Crippen LogP contribution in [0.25, 0.3) is 0 Å². The normalized spacial score (nSPS) is 10.4. The highest BCUT2D eigenvalue weighted by molar-refractivity contribution is 6.30. The third-order valence-corrected chi connectivity index (χ3v) is 2.93. The van der Waals surface area contributed by atoms with E-state index in [0.29, 0.717) is 17.5 Å². The molecule has 2 rings (SSSR count). The van der Waals surface area contributed by atoms with Crippen molar-refractivity contribution >= 4 is 17.5 Å². The second kappa shape index (κ2) is 7.07. The first-order valence-electron chi connectivity index (χ1n) is 6.26. The smallest absolute Gasteiger partial charge is 0.225 e. The van der Waals surface area contributed by atoms with Crippen molar-refractivity contribution in [3.8, 4) is 0 Å². The zero-order valence-corrected chi connectivity index (χ0v) is 11.4. The van der Waals surface area contributed by atoms with Gasteiger partial charge in [-0.3, -0.25) is 0 Å². The first-order valence-corrected chi connectivity index (χ1v) is 6.64. The minimum atomic E-state index is 0.544. The Labute approximate surface area is 118 Å². The highest BCUT2D eigenvalue weighted by Crippen LogP contribution is 2.14. The summed E-state index contributed by atoms with van der Waals surface area (Å²) in [6, 6.07) is 10.2. The Balaban J connectivity index is 2.13. The van der Waals surface area contributed by atoms with Crippen LogP contribution < -0.4 is 10.6 Å². The molecular formula is C14H17ClN4. The first-order chi connectivity index (χ1) is 9.29. The largest absolute Gasteiger partial charge is 0.336 e. The summed E-state index contributed by atoms with van der Waals surface area (Å²) >= 11 is 5.82. The number of aromatic nitrogens is 2. The van der Waals surface area contributed by atoms with Gasteiger partial charge < -0.3 is 10.6 Å². The Morgan fingerprint density at radius 2 is 1.79 bits per heavy atom. The molecule has 0 radical (unpaired) electrons. The van der Waals surface area contributed by atoms with Crippen molar-refractivity contribution in [1.82, 2.24) is 9.97 Å². The van der Waals surface area contributed by atoms with E-state index in [1.54, 1.807) is 12.4 Å². The Kier molecular flexibility index (Phi) is 5.12. The van der Waals surface area contributed by atoms with Gasteiger partial charge in [-0.25, -0.2) is 9.97 Å². The molecular weight excluding hydrogens is 260 g/mol. The summed E-state index contributed by atoms with van der Waals surface area (Å²) in [4.78, 5) is 10.6. The number of benzene rings is 1. The molecule has 0 amide bonds. The van der Waals surface area contributed by atoms with E-state index in [0.717, 1.165) is 19.5 Å². The number of anilines is 1. The molecule has 0 aliphatic carbocycles. The van der Waals surface area contributed by atoms with Gasteiger partial charge in [0, 0.05) is 13.1 Å². The standard InChI is InChI=1S/C14H17ClN4/c15-13-9-17-14(18-10-13)19(8-4-7-16)11-12-5-2-1-3-6-12/h1-3,5-6,9-10H,4,7-8,11,16H2. The number of nitrogens with zero attached hydrogens (tertiary/aromatic N) is 3. The fourth-order valence-corrected chi connectivity index (χ4v) is 1.90. The molecule has 1 heterocycles. The van der Waals surface area contributed by atoms with Crippen molar-refractivity contribution < 1.29 is 0 Å². The summed E-state index contributed by atoms with van der Waals surface area (Å²) < 4.78 is 0. The third kappa shape index (κ3) is 4.19. The molecule has 5 heteroatoms. The summed E-state index contributed by atoms with van der Waals surface area (Å²) in [5.41, 5.74) is 6.80. The maximum atomic E-state index is 5.82.